The van der Waals surface area contributed by atoms with E-state index in [2.05, 4.69) is 32.8 Å². The van der Waals surface area contributed by atoms with Crippen LogP contribution in [-0.4, -0.2) is 40.5 Å². The van der Waals surface area contributed by atoms with Gasteiger partial charge in [-0.25, -0.2) is 0 Å². The molecule has 1 N–H and O–H groups in total. The number of nitrogens with zero attached hydrogens (tertiary/aromatic N) is 1. The average molecular weight is 346 g/mol. The van der Waals surface area contributed by atoms with E-state index in [9.17, 15) is 0 Å². The third-order valence-electron chi connectivity index (χ3n) is 5.72. The SMILES string of the molecule is IC12CC3CC(CC(C3)C1N1CCNCC1)C2. The topological polar surface area (TPSA) is 15.3 Å². The Morgan fingerprint density at radius 2 is 1.65 bits per heavy atom. The molecule has 3 heteroatoms. The summed E-state index contributed by atoms with van der Waals surface area (Å²) in [5.74, 6) is 3.21. The summed E-state index contributed by atoms with van der Waals surface area (Å²) in [6.07, 6.45) is 7.71. The summed E-state index contributed by atoms with van der Waals surface area (Å²) in [5, 5.41) is 3.51. The van der Waals surface area contributed by atoms with Crippen LogP contribution >= 0.6 is 22.6 Å². The van der Waals surface area contributed by atoms with E-state index in [1.54, 1.807) is 19.3 Å². The van der Waals surface area contributed by atoms with Gasteiger partial charge in [-0.2, -0.15) is 0 Å². The molecule has 1 heterocycles. The fourth-order valence-corrected chi connectivity index (χ4v) is 7.65. The van der Waals surface area contributed by atoms with Gasteiger partial charge in [-0.3, -0.25) is 4.90 Å². The van der Waals surface area contributed by atoms with Crippen LogP contribution in [0.5, 0.6) is 0 Å². The largest absolute Gasteiger partial charge is 0.314 e. The highest BCUT2D eigenvalue weighted by molar-refractivity contribution is 14.1. The summed E-state index contributed by atoms with van der Waals surface area (Å²) < 4.78 is 0.643. The van der Waals surface area contributed by atoms with Crippen molar-refractivity contribution in [1.82, 2.24) is 10.2 Å². The molecule has 5 rings (SSSR count). The second-order valence-electron chi connectivity index (χ2n) is 6.87. The van der Waals surface area contributed by atoms with Crippen LogP contribution in [0.4, 0.5) is 0 Å². The Kier molecular flexibility index (Phi) is 2.75. The molecular weight excluding hydrogens is 323 g/mol. The van der Waals surface area contributed by atoms with E-state index in [0.717, 1.165) is 23.8 Å². The van der Waals surface area contributed by atoms with Gasteiger partial charge >= 0.3 is 0 Å². The fraction of sp³-hybridized carbons (Fsp3) is 1.00. The van der Waals surface area contributed by atoms with Crippen molar-refractivity contribution in [2.24, 2.45) is 17.8 Å². The van der Waals surface area contributed by atoms with E-state index in [4.69, 9.17) is 0 Å². The van der Waals surface area contributed by atoms with Crippen molar-refractivity contribution < 1.29 is 0 Å². The van der Waals surface area contributed by atoms with Crippen molar-refractivity contribution in [2.75, 3.05) is 26.2 Å². The van der Waals surface area contributed by atoms with Crippen molar-refractivity contribution in [3.05, 3.63) is 0 Å². The molecule has 5 fully saturated rings. The summed E-state index contributed by atoms with van der Waals surface area (Å²) >= 11 is 2.87. The van der Waals surface area contributed by atoms with E-state index >= 15 is 0 Å². The lowest BCUT2D eigenvalue weighted by atomic mass is 9.53. The number of halogens is 1. The standard InChI is InChI=1S/C14H23IN2/c15-14-8-10-5-11(9-14)7-12(6-10)13(14)17-3-1-16-2-4-17/h10-13,16H,1-9H2. The monoisotopic (exact) mass is 346 g/mol. The number of hydrogen-bond acceptors (Lipinski definition) is 2. The van der Waals surface area contributed by atoms with Gasteiger partial charge in [0.2, 0.25) is 0 Å². The first kappa shape index (κ1) is 11.5. The molecule has 17 heavy (non-hydrogen) atoms. The van der Waals surface area contributed by atoms with Crippen LogP contribution in [-0.2, 0) is 0 Å². The summed E-state index contributed by atoms with van der Waals surface area (Å²) in [6, 6.07) is 0.915. The van der Waals surface area contributed by atoms with Crippen molar-refractivity contribution in [2.45, 2.75) is 41.6 Å². The maximum absolute atomic E-state index is 3.51. The Balaban J connectivity index is 1.61. The minimum atomic E-state index is 0.643. The van der Waals surface area contributed by atoms with E-state index in [1.807, 2.05) is 0 Å². The molecule has 0 aromatic heterocycles. The van der Waals surface area contributed by atoms with Crippen LogP contribution in [0.2, 0.25) is 0 Å². The highest BCUT2D eigenvalue weighted by atomic mass is 127. The molecule has 4 aliphatic carbocycles. The van der Waals surface area contributed by atoms with Crippen LogP contribution in [0.3, 0.4) is 0 Å². The highest BCUT2D eigenvalue weighted by Gasteiger charge is 2.57. The van der Waals surface area contributed by atoms with Gasteiger partial charge in [0.1, 0.15) is 0 Å². The molecule has 3 unspecified atom stereocenters. The van der Waals surface area contributed by atoms with E-state index in [1.165, 1.54) is 39.0 Å². The van der Waals surface area contributed by atoms with Gasteiger partial charge < -0.3 is 5.32 Å². The predicted octanol–water partition coefficient (Wildman–Crippen LogP) is 2.27. The third-order valence-corrected chi connectivity index (χ3v) is 7.24. The molecule has 0 amide bonds. The fourth-order valence-electron chi connectivity index (χ4n) is 5.50. The molecule has 4 bridgehead atoms. The Morgan fingerprint density at radius 1 is 1.00 bits per heavy atom. The van der Waals surface area contributed by atoms with Gasteiger partial charge in [0.15, 0.2) is 0 Å². The number of nitrogens with one attached hydrogen (secondary N) is 1. The van der Waals surface area contributed by atoms with E-state index < -0.39 is 0 Å². The van der Waals surface area contributed by atoms with Gasteiger partial charge in [0.25, 0.3) is 0 Å². The summed E-state index contributed by atoms with van der Waals surface area (Å²) in [5.41, 5.74) is 0. The Bertz CT molecular complexity index is 297. The Hall–Kier alpha value is 0.650. The van der Waals surface area contributed by atoms with E-state index in [-0.39, 0.29) is 0 Å². The first-order chi connectivity index (χ1) is 8.24. The molecule has 2 nitrogen and oxygen atoms in total. The normalized spacial score (nSPS) is 54.2. The van der Waals surface area contributed by atoms with E-state index in [0.29, 0.717) is 3.42 Å². The zero-order valence-electron chi connectivity index (χ0n) is 10.5. The van der Waals surface area contributed by atoms with Gasteiger partial charge in [0, 0.05) is 35.6 Å². The van der Waals surface area contributed by atoms with Gasteiger partial charge in [-0.15, -0.1) is 0 Å². The average Bonchev–Trinajstić information content (AvgIpc) is 2.27. The smallest absolute Gasteiger partial charge is 0.0385 e. The maximum atomic E-state index is 3.51. The van der Waals surface area contributed by atoms with Crippen LogP contribution in [0.1, 0.15) is 32.1 Å². The minimum absolute atomic E-state index is 0.643. The zero-order chi connectivity index (χ0) is 11.5. The van der Waals surface area contributed by atoms with Crippen molar-refractivity contribution in [3.8, 4) is 0 Å². The first-order valence-corrected chi connectivity index (χ1v) is 8.46. The molecule has 0 aromatic rings. The lowest BCUT2D eigenvalue weighted by Gasteiger charge is -2.62. The van der Waals surface area contributed by atoms with Gasteiger partial charge in [0.05, 0.1) is 0 Å². The number of alkyl halides is 1. The summed E-state index contributed by atoms with van der Waals surface area (Å²) in [4.78, 5) is 2.84. The number of piperazine rings is 1. The van der Waals surface area contributed by atoms with Crippen LogP contribution in [0.25, 0.3) is 0 Å². The molecule has 4 saturated carbocycles. The highest BCUT2D eigenvalue weighted by Crippen LogP contribution is 2.60. The third kappa shape index (κ3) is 1.79. The summed E-state index contributed by atoms with van der Waals surface area (Å²) in [6.45, 7) is 5.01. The Labute approximate surface area is 118 Å². The molecule has 3 atom stereocenters. The quantitative estimate of drug-likeness (QED) is 0.579. The lowest BCUT2D eigenvalue weighted by molar-refractivity contribution is -0.0441. The van der Waals surface area contributed by atoms with Crippen molar-refractivity contribution in [3.63, 3.8) is 0 Å². The minimum Gasteiger partial charge on any atom is -0.314 e. The molecule has 0 radical (unpaired) electrons. The zero-order valence-corrected chi connectivity index (χ0v) is 12.7. The van der Waals surface area contributed by atoms with Crippen LogP contribution < -0.4 is 5.32 Å². The second kappa shape index (κ2) is 4.07. The molecule has 96 valence electrons. The molecule has 5 aliphatic rings. The number of hydrogen-bond donors (Lipinski definition) is 1. The van der Waals surface area contributed by atoms with Gasteiger partial charge in [-0.1, -0.05) is 22.6 Å². The lowest BCUT2D eigenvalue weighted by Crippen LogP contribution is -2.65. The molecule has 1 aliphatic heterocycles. The van der Waals surface area contributed by atoms with Crippen molar-refractivity contribution in [1.29, 1.82) is 0 Å². The van der Waals surface area contributed by atoms with Crippen LogP contribution in [0, 0.1) is 17.8 Å². The second-order valence-corrected chi connectivity index (χ2v) is 9.02. The molecule has 0 aromatic carbocycles. The van der Waals surface area contributed by atoms with Crippen molar-refractivity contribution >= 4 is 22.6 Å². The molecule has 1 saturated heterocycles. The number of rotatable bonds is 1. The summed E-state index contributed by atoms with van der Waals surface area (Å²) in [7, 11) is 0. The molecule has 0 spiro atoms. The van der Waals surface area contributed by atoms with Crippen LogP contribution in [0.15, 0.2) is 0 Å². The maximum Gasteiger partial charge on any atom is 0.0385 e. The predicted molar refractivity (Wildman–Crippen MR) is 78.5 cm³/mol. The first-order valence-electron chi connectivity index (χ1n) is 7.38. The molecular formula is C14H23IN2. The van der Waals surface area contributed by atoms with Gasteiger partial charge in [-0.05, 0) is 49.9 Å². The Morgan fingerprint density at radius 3 is 2.24 bits per heavy atom.